The van der Waals surface area contributed by atoms with Crippen LogP contribution in [0.5, 0.6) is 0 Å². The van der Waals surface area contributed by atoms with Crippen LogP contribution in [-0.2, 0) is 0 Å². The van der Waals surface area contributed by atoms with Gasteiger partial charge in [-0.05, 0) is 37.3 Å². The van der Waals surface area contributed by atoms with E-state index in [-0.39, 0.29) is 0 Å². The van der Waals surface area contributed by atoms with Crippen LogP contribution in [0.25, 0.3) is 27.5 Å². The summed E-state index contributed by atoms with van der Waals surface area (Å²) in [5.74, 6) is 0. The minimum atomic E-state index is 0.784. The van der Waals surface area contributed by atoms with E-state index in [0.717, 1.165) is 57.3 Å². The smallest absolute Gasteiger partial charge is 0.228 e. The zero-order valence-electron chi connectivity index (χ0n) is 14.0. The summed E-state index contributed by atoms with van der Waals surface area (Å²) in [5.41, 5.74) is 5.01. The molecule has 120 valence electrons. The van der Waals surface area contributed by atoms with Gasteiger partial charge in [-0.3, -0.25) is 0 Å². The summed E-state index contributed by atoms with van der Waals surface area (Å²) >= 11 is 0. The van der Waals surface area contributed by atoms with E-state index in [1.165, 1.54) is 12.0 Å². The number of hydrogen-bond acceptors (Lipinski definition) is 1. The van der Waals surface area contributed by atoms with Crippen molar-refractivity contribution in [3.05, 3.63) is 77.3 Å². The largest absolute Gasteiger partial charge is 0.618 e. The summed E-state index contributed by atoms with van der Waals surface area (Å²) in [5, 5.41) is 15.3. The van der Waals surface area contributed by atoms with Gasteiger partial charge in [0.25, 0.3) is 0 Å². The Balaban J connectivity index is 2.13. The number of aromatic nitrogens is 1. The molecule has 2 aromatic carbocycles. The molecule has 0 saturated heterocycles. The van der Waals surface area contributed by atoms with Gasteiger partial charge in [-0.25, -0.2) is 0 Å². The monoisotopic (exact) mass is 315 g/mol. The molecule has 24 heavy (non-hydrogen) atoms. The molecule has 2 nitrogen and oxygen atoms in total. The third-order valence-electron chi connectivity index (χ3n) is 4.99. The van der Waals surface area contributed by atoms with Crippen LogP contribution < -0.4 is 4.73 Å². The van der Waals surface area contributed by atoms with Crippen LogP contribution in [0, 0.1) is 12.1 Å². The average Bonchev–Trinajstić information content (AvgIpc) is 2.66. The number of aryl methyl sites for hydroxylation is 1. The van der Waals surface area contributed by atoms with E-state index in [4.69, 9.17) is 0 Å². The lowest BCUT2D eigenvalue weighted by Crippen LogP contribution is -2.36. The molecule has 0 unspecified atom stereocenters. The topological polar surface area (TPSA) is 26.9 Å². The van der Waals surface area contributed by atoms with Gasteiger partial charge < -0.3 is 5.21 Å². The van der Waals surface area contributed by atoms with E-state index in [2.05, 4.69) is 30.3 Å². The zero-order valence-corrected chi connectivity index (χ0v) is 14.0. The Morgan fingerprint density at radius 2 is 1.58 bits per heavy atom. The quantitative estimate of drug-likeness (QED) is 0.459. The van der Waals surface area contributed by atoms with Gasteiger partial charge in [0.05, 0.1) is 10.9 Å². The molecule has 0 amide bonds. The number of benzene rings is 2. The first kappa shape index (κ1) is 14.9. The maximum atomic E-state index is 13.2. The Morgan fingerprint density at radius 1 is 0.875 bits per heavy atom. The van der Waals surface area contributed by atoms with Crippen molar-refractivity contribution in [1.29, 1.82) is 0 Å². The highest BCUT2D eigenvalue weighted by atomic mass is 16.5. The third kappa shape index (κ3) is 2.39. The van der Waals surface area contributed by atoms with Crippen molar-refractivity contribution >= 4 is 16.3 Å². The van der Waals surface area contributed by atoms with Gasteiger partial charge >= 0.3 is 0 Å². The number of pyridine rings is 1. The molecule has 2 heteroatoms. The summed E-state index contributed by atoms with van der Waals surface area (Å²) < 4.78 is 1.15. The third-order valence-corrected chi connectivity index (χ3v) is 4.99. The zero-order chi connectivity index (χ0) is 16.5. The molecule has 0 bridgehead atoms. The van der Waals surface area contributed by atoms with E-state index < -0.39 is 0 Å². The first-order chi connectivity index (χ1) is 11.8. The van der Waals surface area contributed by atoms with Crippen LogP contribution >= 0.6 is 0 Å². The molecule has 0 saturated carbocycles. The Labute approximate surface area is 142 Å². The van der Waals surface area contributed by atoms with Crippen molar-refractivity contribution in [3.63, 3.8) is 0 Å². The van der Waals surface area contributed by atoms with Crippen molar-refractivity contribution in [1.82, 2.24) is 0 Å². The molecule has 0 fully saturated rings. The SMILES string of the molecule is Cc1c2ccccc2c(-c2ccccc2)c(C2=CCCCC2)[n+]1[O-]. The van der Waals surface area contributed by atoms with Crippen LogP contribution in [0.4, 0.5) is 0 Å². The summed E-state index contributed by atoms with van der Waals surface area (Å²) in [6.07, 6.45) is 6.69. The second-order valence-corrected chi connectivity index (χ2v) is 6.49. The Hall–Kier alpha value is -2.61. The highest BCUT2D eigenvalue weighted by molar-refractivity contribution is 6.00. The van der Waals surface area contributed by atoms with Crippen molar-refractivity contribution < 1.29 is 4.73 Å². The van der Waals surface area contributed by atoms with Gasteiger partial charge in [-0.2, -0.15) is 4.73 Å². The lowest BCUT2D eigenvalue weighted by molar-refractivity contribution is -0.612. The minimum absolute atomic E-state index is 0.784. The van der Waals surface area contributed by atoms with Crippen molar-refractivity contribution in [2.75, 3.05) is 0 Å². The van der Waals surface area contributed by atoms with E-state index in [0.29, 0.717) is 0 Å². The lowest BCUT2D eigenvalue weighted by Gasteiger charge is -2.19. The van der Waals surface area contributed by atoms with E-state index >= 15 is 0 Å². The van der Waals surface area contributed by atoms with Crippen LogP contribution in [0.15, 0.2) is 60.7 Å². The Kier molecular flexibility index (Phi) is 3.81. The second kappa shape index (κ2) is 6.12. The lowest BCUT2D eigenvalue weighted by atomic mass is 9.88. The minimum Gasteiger partial charge on any atom is -0.618 e. The fourth-order valence-corrected chi connectivity index (χ4v) is 3.76. The fraction of sp³-hybridized carbons (Fsp3) is 0.227. The summed E-state index contributed by atoms with van der Waals surface area (Å²) in [6.45, 7) is 1.93. The molecule has 0 atom stereocenters. The average molecular weight is 315 g/mol. The first-order valence-corrected chi connectivity index (χ1v) is 8.67. The molecule has 1 aliphatic carbocycles. The molecular formula is C22H21NO. The summed E-state index contributed by atoms with van der Waals surface area (Å²) in [4.78, 5) is 0. The van der Waals surface area contributed by atoms with E-state index in [9.17, 15) is 5.21 Å². The van der Waals surface area contributed by atoms with Gasteiger partial charge in [0.2, 0.25) is 5.69 Å². The van der Waals surface area contributed by atoms with Crippen molar-refractivity contribution in [2.45, 2.75) is 32.6 Å². The van der Waals surface area contributed by atoms with Crippen molar-refractivity contribution in [3.8, 4) is 11.1 Å². The van der Waals surface area contributed by atoms with Crippen LogP contribution in [0.1, 0.15) is 37.1 Å². The van der Waals surface area contributed by atoms with Gasteiger partial charge in [0, 0.05) is 17.9 Å². The number of allylic oxidation sites excluding steroid dienone is 2. The molecule has 0 aliphatic heterocycles. The van der Waals surface area contributed by atoms with Crippen LogP contribution in [0.3, 0.4) is 0 Å². The molecule has 0 spiro atoms. The van der Waals surface area contributed by atoms with Crippen molar-refractivity contribution in [2.24, 2.45) is 0 Å². The number of nitrogens with zero attached hydrogens (tertiary/aromatic N) is 1. The number of fused-ring (bicyclic) bond motifs is 1. The van der Waals surface area contributed by atoms with Gasteiger partial charge in [-0.15, -0.1) is 0 Å². The number of rotatable bonds is 2. The van der Waals surface area contributed by atoms with E-state index in [1.807, 2.05) is 37.3 Å². The highest BCUT2D eigenvalue weighted by Gasteiger charge is 2.25. The maximum Gasteiger partial charge on any atom is 0.228 e. The molecule has 4 rings (SSSR count). The van der Waals surface area contributed by atoms with E-state index in [1.54, 1.807) is 0 Å². The van der Waals surface area contributed by atoms with Crippen LogP contribution in [-0.4, -0.2) is 0 Å². The van der Waals surface area contributed by atoms with Crippen LogP contribution in [0.2, 0.25) is 0 Å². The molecule has 1 aromatic heterocycles. The standard InChI is InChI=1S/C22H21NO/c1-16-19-14-8-9-15-20(19)21(17-10-4-2-5-11-17)22(23(16)24)18-12-6-3-7-13-18/h2,4-5,8-12,14-15H,3,6-7,13H2,1H3. The molecular weight excluding hydrogens is 294 g/mol. The van der Waals surface area contributed by atoms with Gasteiger partial charge in [0.15, 0.2) is 5.69 Å². The first-order valence-electron chi connectivity index (χ1n) is 8.67. The molecule has 3 aromatic rings. The second-order valence-electron chi connectivity index (χ2n) is 6.49. The molecule has 0 N–H and O–H groups in total. The summed E-state index contributed by atoms with van der Waals surface area (Å²) in [6, 6.07) is 18.5. The highest BCUT2D eigenvalue weighted by Crippen LogP contribution is 2.37. The van der Waals surface area contributed by atoms with Gasteiger partial charge in [0.1, 0.15) is 0 Å². The Morgan fingerprint density at radius 3 is 2.29 bits per heavy atom. The normalized spacial score (nSPS) is 14.6. The van der Waals surface area contributed by atoms with Gasteiger partial charge in [-0.1, -0.05) is 54.6 Å². The predicted octanol–water partition coefficient (Wildman–Crippen LogP) is 5.41. The molecule has 1 heterocycles. The molecule has 0 radical (unpaired) electrons. The Bertz CT molecular complexity index is 926. The summed E-state index contributed by atoms with van der Waals surface area (Å²) in [7, 11) is 0. The fourth-order valence-electron chi connectivity index (χ4n) is 3.76. The predicted molar refractivity (Wildman–Crippen MR) is 99.5 cm³/mol. The maximum absolute atomic E-state index is 13.2. The molecule has 1 aliphatic rings. The number of hydrogen-bond donors (Lipinski definition) is 0.